The van der Waals surface area contributed by atoms with Crippen molar-refractivity contribution in [1.29, 1.82) is 0 Å². The Morgan fingerprint density at radius 3 is 2.73 bits per heavy atom. The minimum atomic E-state index is -0.156. The standard InChI is InChI=1S/C8H8O3/c1-11-5-6-4-7(9)2-3-8(6)10/h2-4H,5H2,1H3. The number of rotatable bonds is 2. The molecule has 0 fully saturated rings. The van der Waals surface area contributed by atoms with E-state index in [1.807, 2.05) is 0 Å². The largest absolute Gasteiger partial charge is 0.380 e. The van der Waals surface area contributed by atoms with Gasteiger partial charge in [-0.2, -0.15) is 0 Å². The molecule has 0 aromatic carbocycles. The summed E-state index contributed by atoms with van der Waals surface area (Å²) < 4.78 is 4.72. The zero-order chi connectivity index (χ0) is 8.27. The van der Waals surface area contributed by atoms with Gasteiger partial charge in [0.2, 0.25) is 0 Å². The minimum Gasteiger partial charge on any atom is -0.380 e. The second-order valence-electron chi connectivity index (χ2n) is 2.20. The fourth-order valence-corrected chi connectivity index (χ4v) is 0.824. The number of methoxy groups -OCH3 is 1. The van der Waals surface area contributed by atoms with E-state index in [1.165, 1.54) is 25.3 Å². The van der Waals surface area contributed by atoms with Crippen molar-refractivity contribution in [1.82, 2.24) is 0 Å². The van der Waals surface area contributed by atoms with Crippen LogP contribution in [0.1, 0.15) is 0 Å². The molecule has 1 aliphatic rings. The summed E-state index contributed by atoms with van der Waals surface area (Å²) in [5, 5.41) is 0. The molecule has 0 radical (unpaired) electrons. The third kappa shape index (κ3) is 1.85. The highest BCUT2D eigenvalue weighted by atomic mass is 16.5. The molecule has 3 nitrogen and oxygen atoms in total. The molecule has 1 aliphatic carbocycles. The Bertz CT molecular complexity index is 248. The van der Waals surface area contributed by atoms with E-state index >= 15 is 0 Å². The topological polar surface area (TPSA) is 43.4 Å². The molecule has 0 saturated heterocycles. The first-order valence-electron chi connectivity index (χ1n) is 3.20. The minimum absolute atomic E-state index is 0.147. The third-order valence-corrected chi connectivity index (χ3v) is 1.33. The van der Waals surface area contributed by atoms with E-state index < -0.39 is 0 Å². The van der Waals surface area contributed by atoms with Crippen LogP contribution in [-0.2, 0) is 14.3 Å². The number of carbonyl (C=O) groups is 2. The van der Waals surface area contributed by atoms with Crippen molar-refractivity contribution in [2.75, 3.05) is 13.7 Å². The summed E-state index contributed by atoms with van der Waals surface area (Å²) in [6, 6.07) is 0. The van der Waals surface area contributed by atoms with Crippen molar-refractivity contribution in [3.8, 4) is 0 Å². The Balaban J connectivity index is 2.76. The predicted molar refractivity (Wildman–Crippen MR) is 39.1 cm³/mol. The molecule has 3 heteroatoms. The number of ketones is 2. The van der Waals surface area contributed by atoms with Gasteiger partial charge in [-0.25, -0.2) is 0 Å². The number of allylic oxidation sites excluding steroid dienone is 3. The van der Waals surface area contributed by atoms with Crippen LogP contribution in [0.5, 0.6) is 0 Å². The molecule has 0 heterocycles. The molecule has 1 rings (SSSR count). The highest BCUT2D eigenvalue weighted by molar-refractivity contribution is 6.17. The zero-order valence-electron chi connectivity index (χ0n) is 6.16. The normalized spacial score (nSPS) is 17.0. The number of hydrogen-bond donors (Lipinski definition) is 0. The van der Waals surface area contributed by atoms with Gasteiger partial charge in [-0.3, -0.25) is 9.59 Å². The van der Waals surface area contributed by atoms with Gasteiger partial charge in [0.15, 0.2) is 11.6 Å². The Labute approximate surface area is 64.3 Å². The highest BCUT2D eigenvalue weighted by Crippen LogP contribution is 2.04. The van der Waals surface area contributed by atoms with Gasteiger partial charge in [0, 0.05) is 12.7 Å². The van der Waals surface area contributed by atoms with E-state index in [2.05, 4.69) is 0 Å². The smallest absolute Gasteiger partial charge is 0.184 e. The van der Waals surface area contributed by atoms with Gasteiger partial charge >= 0.3 is 0 Å². The first-order chi connectivity index (χ1) is 5.24. The molecular formula is C8H8O3. The molecule has 0 unspecified atom stereocenters. The van der Waals surface area contributed by atoms with Gasteiger partial charge < -0.3 is 4.74 Å². The lowest BCUT2D eigenvalue weighted by molar-refractivity contribution is -0.114. The number of ether oxygens (including phenoxy) is 1. The van der Waals surface area contributed by atoms with Crippen LogP contribution in [0.2, 0.25) is 0 Å². The van der Waals surface area contributed by atoms with Crippen LogP contribution >= 0.6 is 0 Å². The van der Waals surface area contributed by atoms with Crippen LogP contribution < -0.4 is 0 Å². The van der Waals surface area contributed by atoms with Crippen molar-refractivity contribution < 1.29 is 14.3 Å². The van der Waals surface area contributed by atoms with E-state index in [0.717, 1.165) is 0 Å². The summed E-state index contributed by atoms with van der Waals surface area (Å²) in [5.74, 6) is -0.303. The molecule has 0 amide bonds. The lowest BCUT2D eigenvalue weighted by atomic mass is 10.1. The summed E-state index contributed by atoms with van der Waals surface area (Å²) in [6.07, 6.45) is 3.81. The molecule has 0 saturated carbocycles. The van der Waals surface area contributed by atoms with Gasteiger partial charge in [-0.15, -0.1) is 0 Å². The van der Waals surface area contributed by atoms with Gasteiger partial charge in [0.05, 0.1) is 6.61 Å². The summed E-state index contributed by atoms with van der Waals surface area (Å²) in [4.78, 5) is 21.7. The van der Waals surface area contributed by atoms with Crippen molar-refractivity contribution >= 4 is 11.6 Å². The molecule has 0 N–H and O–H groups in total. The molecule has 0 aliphatic heterocycles. The monoisotopic (exact) mass is 152 g/mol. The number of carbonyl (C=O) groups excluding carboxylic acids is 2. The third-order valence-electron chi connectivity index (χ3n) is 1.33. The summed E-state index contributed by atoms with van der Waals surface area (Å²) in [6.45, 7) is 0.203. The predicted octanol–water partition coefficient (Wildman–Crippen LogP) is 0.267. The molecule has 58 valence electrons. The Morgan fingerprint density at radius 1 is 1.36 bits per heavy atom. The Kier molecular flexibility index (Phi) is 2.33. The van der Waals surface area contributed by atoms with Gasteiger partial charge in [-0.05, 0) is 18.2 Å². The maximum absolute atomic E-state index is 10.9. The molecule has 11 heavy (non-hydrogen) atoms. The molecular weight excluding hydrogens is 144 g/mol. The quantitative estimate of drug-likeness (QED) is 0.533. The average molecular weight is 152 g/mol. The molecule has 0 aromatic rings. The van der Waals surface area contributed by atoms with Crippen molar-refractivity contribution in [2.45, 2.75) is 0 Å². The molecule has 0 bridgehead atoms. The van der Waals surface area contributed by atoms with Crippen molar-refractivity contribution in [3.05, 3.63) is 23.8 Å². The lowest BCUT2D eigenvalue weighted by Gasteiger charge is -2.03. The maximum Gasteiger partial charge on any atom is 0.184 e. The van der Waals surface area contributed by atoms with Crippen LogP contribution in [0, 0.1) is 0 Å². The van der Waals surface area contributed by atoms with Crippen LogP contribution in [0.15, 0.2) is 23.8 Å². The van der Waals surface area contributed by atoms with Crippen molar-refractivity contribution in [2.24, 2.45) is 0 Å². The Hall–Kier alpha value is -1.22. The first-order valence-corrected chi connectivity index (χ1v) is 3.20. The second-order valence-corrected chi connectivity index (χ2v) is 2.20. The van der Waals surface area contributed by atoms with E-state index in [4.69, 9.17) is 4.74 Å². The van der Waals surface area contributed by atoms with Crippen LogP contribution in [-0.4, -0.2) is 25.3 Å². The summed E-state index contributed by atoms with van der Waals surface area (Å²) in [5.41, 5.74) is 0.417. The molecule has 0 atom stereocenters. The van der Waals surface area contributed by atoms with Gasteiger partial charge in [-0.1, -0.05) is 0 Å². The highest BCUT2D eigenvalue weighted by Gasteiger charge is 2.11. The Morgan fingerprint density at radius 2 is 2.09 bits per heavy atom. The summed E-state index contributed by atoms with van der Waals surface area (Å²) >= 11 is 0. The van der Waals surface area contributed by atoms with Crippen molar-refractivity contribution in [3.63, 3.8) is 0 Å². The van der Waals surface area contributed by atoms with E-state index in [0.29, 0.717) is 5.57 Å². The first kappa shape index (κ1) is 7.88. The van der Waals surface area contributed by atoms with E-state index in [-0.39, 0.29) is 18.2 Å². The molecule has 0 aromatic heterocycles. The second kappa shape index (κ2) is 3.25. The fraction of sp³-hybridized carbons (Fsp3) is 0.250. The summed E-state index contributed by atoms with van der Waals surface area (Å²) in [7, 11) is 1.48. The van der Waals surface area contributed by atoms with Crippen LogP contribution in [0.4, 0.5) is 0 Å². The maximum atomic E-state index is 10.9. The van der Waals surface area contributed by atoms with Crippen LogP contribution in [0.3, 0.4) is 0 Å². The fourth-order valence-electron chi connectivity index (χ4n) is 0.824. The average Bonchev–Trinajstić information content (AvgIpc) is 1.98. The van der Waals surface area contributed by atoms with E-state index in [9.17, 15) is 9.59 Å². The zero-order valence-corrected chi connectivity index (χ0v) is 6.16. The lowest BCUT2D eigenvalue weighted by Crippen LogP contribution is -2.11. The molecule has 0 spiro atoms. The van der Waals surface area contributed by atoms with E-state index in [1.54, 1.807) is 0 Å². The van der Waals surface area contributed by atoms with Crippen LogP contribution in [0.25, 0.3) is 0 Å². The van der Waals surface area contributed by atoms with Gasteiger partial charge in [0.25, 0.3) is 0 Å². The SMILES string of the molecule is COCC1=CC(=O)C=CC1=O. The van der Waals surface area contributed by atoms with Gasteiger partial charge in [0.1, 0.15) is 0 Å². The number of hydrogen-bond acceptors (Lipinski definition) is 3.